The first-order valence-corrected chi connectivity index (χ1v) is 12.5. The number of rotatable bonds is 10. The van der Waals surface area contributed by atoms with Crippen LogP contribution < -0.4 is 20.1 Å². The molecule has 5 aromatic rings. The Kier molecular flexibility index (Phi) is 7.34. The fourth-order valence-corrected chi connectivity index (χ4v) is 4.49. The lowest BCUT2D eigenvalue weighted by Gasteiger charge is -2.13. The van der Waals surface area contributed by atoms with E-state index in [-0.39, 0.29) is 52.2 Å². The van der Waals surface area contributed by atoms with Crippen molar-refractivity contribution in [1.82, 2.24) is 49.9 Å². The van der Waals surface area contributed by atoms with Crippen molar-refractivity contribution in [2.45, 2.75) is 32.2 Å². The van der Waals surface area contributed by atoms with Crippen LogP contribution in [0.1, 0.15) is 28.6 Å². The molecule has 5 heterocycles. The van der Waals surface area contributed by atoms with Gasteiger partial charge < -0.3 is 20.1 Å². The number of tetrazole rings is 1. The Balaban J connectivity index is 1.38. The summed E-state index contributed by atoms with van der Waals surface area (Å²) in [6.45, 7) is -4.91. The molecule has 0 bridgehead atoms. The number of hydrogen-bond donors (Lipinski definition) is 2. The molecule has 1 aliphatic heterocycles. The molecule has 0 saturated carbocycles. The van der Waals surface area contributed by atoms with Crippen molar-refractivity contribution >= 4 is 17.2 Å². The molecule has 1 aliphatic rings. The Bertz CT molecular complexity index is 1710. The topological polar surface area (TPSA) is 151 Å². The van der Waals surface area contributed by atoms with Gasteiger partial charge in [-0.25, -0.2) is 9.50 Å². The number of nitrogens with zero attached hydrogens (tertiary/aromatic N) is 9. The lowest BCUT2D eigenvalue weighted by atomic mass is 10.1. The molecular formula is C24H21F4N11O3. The van der Waals surface area contributed by atoms with Crippen LogP contribution in [0.5, 0.6) is 11.5 Å². The quantitative estimate of drug-likeness (QED) is 0.233. The molecule has 6 rings (SSSR count). The second-order valence-corrected chi connectivity index (χ2v) is 9.08. The lowest BCUT2D eigenvalue weighted by molar-refractivity contribution is -0.0526. The van der Waals surface area contributed by atoms with Crippen LogP contribution in [0.2, 0.25) is 0 Å². The predicted octanol–water partition coefficient (Wildman–Crippen LogP) is 2.62. The largest absolute Gasteiger partial charge is 0.435 e. The van der Waals surface area contributed by atoms with Gasteiger partial charge in [-0.15, -0.1) is 10.2 Å². The first-order valence-electron chi connectivity index (χ1n) is 12.5. The van der Waals surface area contributed by atoms with Gasteiger partial charge in [0.25, 0.3) is 5.91 Å². The van der Waals surface area contributed by atoms with Crippen molar-refractivity contribution in [3.63, 3.8) is 0 Å². The minimum atomic E-state index is -3.24. The monoisotopic (exact) mass is 587 g/mol. The number of carbonyl (C=O) groups excluding carboxylic acids is 1. The molecule has 2 N–H and O–H groups in total. The smallest absolute Gasteiger partial charge is 0.387 e. The van der Waals surface area contributed by atoms with Crippen LogP contribution in [-0.4, -0.2) is 76.8 Å². The first-order chi connectivity index (χ1) is 20.3. The molecule has 14 nitrogen and oxygen atoms in total. The van der Waals surface area contributed by atoms with E-state index in [1.165, 1.54) is 32.6 Å². The normalized spacial score (nSPS) is 15.1. The van der Waals surface area contributed by atoms with E-state index in [1.807, 2.05) is 0 Å². The van der Waals surface area contributed by atoms with Gasteiger partial charge in [-0.3, -0.25) is 9.48 Å². The average molecular weight is 587 g/mol. The number of anilines is 1. The number of benzene rings is 1. The van der Waals surface area contributed by atoms with E-state index in [1.54, 1.807) is 12.3 Å². The molecule has 1 amide bonds. The Morgan fingerprint density at radius 1 is 1.17 bits per heavy atom. The number of alkyl halides is 4. The van der Waals surface area contributed by atoms with Gasteiger partial charge in [0, 0.05) is 25.1 Å². The summed E-state index contributed by atoms with van der Waals surface area (Å²) < 4.78 is 64.3. The summed E-state index contributed by atoms with van der Waals surface area (Å²) in [7, 11) is 0. The second-order valence-electron chi connectivity index (χ2n) is 9.08. The van der Waals surface area contributed by atoms with Gasteiger partial charge in [0.2, 0.25) is 0 Å². The van der Waals surface area contributed by atoms with Crippen LogP contribution in [0.4, 0.5) is 23.2 Å². The van der Waals surface area contributed by atoms with Crippen molar-refractivity contribution in [1.29, 1.82) is 0 Å². The van der Waals surface area contributed by atoms with Crippen LogP contribution >= 0.6 is 0 Å². The first kappa shape index (κ1) is 27.1. The zero-order chi connectivity index (χ0) is 29.2. The van der Waals surface area contributed by atoms with Crippen molar-refractivity contribution in [2.24, 2.45) is 0 Å². The average Bonchev–Trinajstić information content (AvgIpc) is 3.76. The maximum atomic E-state index is 13.3. The number of carbonyl (C=O) groups is 1. The standard InChI is InChI=1S/C24H21F4N11O3/c25-23(26)41-14-2-3-18(42-24(27)28)15(8-14)20-17(32-22(40)16-10-31-38-7-1-5-30-21(16)38)11-37(35-20)12-19-33-36-39(34-19)13-4-6-29-9-13/h1-3,5,7-8,10-11,13,23-24,29H,4,6,9,12H2,(H,32,40). The number of amides is 1. The van der Waals surface area contributed by atoms with Crippen LogP contribution in [0, 0.1) is 0 Å². The summed E-state index contributed by atoms with van der Waals surface area (Å²) in [5, 5.41) is 27.0. The Morgan fingerprint density at radius 3 is 2.81 bits per heavy atom. The van der Waals surface area contributed by atoms with Crippen molar-refractivity contribution in [2.75, 3.05) is 18.4 Å². The number of nitrogens with one attached hydrogen (secondary N) is 2. The Labute approximate surface area is 233 Å². The zero-order valence-electron chi connectivity index (χ0n) is 21.4. The molecule has 42 heavy (non-hydrogen) atoms. The zero-order valence-corrected chi connectivity index (χ0v) is 21.4. The van der Waals surface area contributed by atoms with E-state index in [9.17, 15) is 22.4 Å². The molecule has 1 aromatic carbocycles. The summed E-state index contributed by atoms with van der Waals surface area (Å²) >= 11 is 0. The predicted molar refractivity (Wildman–Crippen MR) is 135 cm³/mol. The highest BCUT2D eigenvalue weighted by Crippen LogP contribution is 2.38. The third-order valence-corrected chi connectivity index (χ3v) is 6.32. The summed E-state index contributed by atoms with van der Waals surface area (Å²) in [4.78, 5) is 19.0. The minimum absolute atomic E-state index is 0.0143. The van der Waals surface area contributed by atoms with E-state index in [0.29, 0.717) is 12.4 Å². The van der Waals surface area contributed by atoms with Crippen LogP contribution in [0.3, 0.4) is 0 Å². The van der Waals surface area contributed by atoms with Gasteiger partial charge in [-0.05, 0) is 42.4 Å². The van der Waals surface area contributed by atoms with Crippen LogP contribution in [-0.2, 0) is 6.54 Å². The van der Waals surface area contributed by atoms with E-state index < -0.39 is 19.1 Å². The molecule has 0 aliphatic carbocycles. The SMILES string of the molecule is O=C(Nc1cn(Cc2nnn(C3CCNC3)n2)nc1-c1cc(OC(F)F)ccc1OC(F)F)c1cnn2cccnc12. The fourth-order valence-electron chi connectivity index (χ4n) is 4.49. The van der Waals surface area contributed by atoms with Gasteiger partial charge >= 0.3 is 13.2 Å². The summed E-state index contributed by atoms with van der Waals surface area (Å²) in [6, 6.07) is 4.83. The fraction of sp³-hybridized carbons (Fsp3) is 0.292. The number of halogens is 4. The molecule has 0 radical (unpaired) electrons. The van der Waals surface area contributed by atoms with Crippen LogP contribution in [0.25, 0.3) is 16.9 Å². The van der Waals surface area contributed by atoms with E-state index in [0.717, 1.165) is 31.2 Å². The molecule has 218 valence electrons. The van der Waals surface area contributed by atoms with Crippen molar-refractivity contribution in [3.8, 4) is 22.8 Å². The van der Waals surface area contributed by atoms with Gasteiger partial charge in [0.15, 0.2) is 11.5 Å². The highest BCUT2D eigenvalue weighted by atomic mass is 19.3. The third-order valence-electron chi connectivity index (χ3n) is 6.32. The molecule has 18 heteroatoms. The summed E-state index contributed by atoms with van der Waals surface area (Å²) in [5.74, 6) is -1.07. The molecule has 1 atom stereocenters. The molecule has 4 aromatic heterocycles. The highest BCUT2D eigenvalue weighted by molar-refractivity contribution is 6.09. The maximum Gasteiger partial charge on any atom is 0.387 e. The van der Waals surface area contributed by atoms with E-state index in [4.69, 9.17) is 0 Å². The second kappa shape index (κ2) is 11.4. The highest BCUT2D eigenvalue weighted by Gasteiger charge is 2.24. The van der Waals surface area contributed by atoms with Crippen LogP contribution in [0.15, 0.2) is 49.1 Å². The molecule has 1 unspecified atom stereocenters. The molecule has 1 fully saturated rings. The summed E-state index contributed by atoms with van der Waals surface area (Å²) in [6.07, 6.45) is 6.65. The molecule has 1 saturated heterocycles. The van der Waals surface area contributed by atoms with Crippen molar-refractivity contribution in [3.05, 3.63) is 60.4 Å². The van der Waals surface area contributed by atoms with Gasteiger partial charge in [0.1, 0.15) is 29.3 Å². The number of fused-ring (bicyclic) bond motifs is 1. The van der Waals surface area contributed by atoms with Crippen molar-refractivity contribution < 1.29 is 31.8 Å². The van der Waals surface area contributed by atoms with Gasteiger partial charge in [0.05, 0.1) is 23.5 Å². The Morgan fingerprint density at radius 2 is 2.02 bits per heavy atom. The summed E-state index contributed by atoms with van der Waals surface area (Å²) in [5.41, 5.74) is 0.198. The number of hydrogen-bond acceptors (Lipinski definition) is 10. The van der Waals surface area contributed by atoms with E-state index in [2.05, 4.69) is 50.7 Å². The lowest BCUT2D eigenvalue weighted by Crippen LogP contribution is -2.16. The van der Waals surface area contributed by atoms with Gasteiger partial charge in [-0.1, -0.05) is 0 Å². The molecular weight excluding hydrogens is 566 g/mol. The maximum absolute atomic E-state index is 13.3. The number of ether oxygens (including phenoxy) is 2. The van der Waals surface area contributed by atoms with E-state index >= 15 is 0 Å². The molecule has 0 spiro atoms. The number of aromatic nitrogens is 9. The Hall–Kier alpha value is -5.13. The third kappa shape index (κ3) is 5.69. The minimum Gasteiger partial charge on any atom is -0.435 e. The van der Waals surface area contributed by atoms with Gasteiger partial charge in [-0.2, -0.15) is 32.6 Å².